The maximum Gasteiger partial charge on any atom is 0.110 e. The summed E-state index contributed by atoms with van der Waals surface area (Å²) < 4.78 is 0. The predicted octanol–water partition coefficient (Wildman–Crippen LogP) is 1.39. The minimum Gasteiger partial charge on any atom is -0.272 e. The van der Waals surface area contributed by atoms with Gasteiger partial charge in [-0.3, -0.25) is 4.90 Å². The Morgan fingerprint density at radius 1 is 1.58 bits per heavy atom. The number of hydrogen-bond donors (Lipinski definition) is 0. The maximum atomic E-state index is 8.94. The second kappa shape index (κ2) is 3.17. The topological polar surface area (TPSA) is 27.0 Å². The average molecular weight is 162 g/mol. The minimum atomic E-state index is -0.222. The molecule has 0 heterocycles. The van der Waals surface area contributed by atoms with Crippen LogP contribution in [0.5, 0.6) is 0 Å². The van der Waals surface area contributed by atoms with E-state index in [1.54, 1.807) is 0 Å². The minimum absolute atomic E-state index is 0.222. The van der Waals surface area contributed by atoms with E-state index in [-0.39, 0.29) is 5.54 Å². The Morgan fingerprint density at radius 3 is 2.42 bits per heavy atom. The van der Waals surface area contributed by atoms with Crippen molar-refractivity contribution < 1.29 is 0 Å². The summed E-state index contributed by atoms with van der Waals surface area (Å²) in [7, 11) is 0. The molecule has 1 aliphatic rings. The molecule has 0 aliphatic heterocycles. The molecule has 0 radical (unpaired) electrons. The van der Waals surface area contributed by atoms with Gasteiger partial charge < -0.3 is 0 Å². The Morgan fingerprint density at radius 2 is 2.17 bits per heavy atom. The first-order chi connectivity index (χ1) is 5.66. The molecule has 0 atom stereocenters. The first-order valence-corrected chi connectivity index (χ1v) is 4.28. The molecule has 0 amide bonds. The molecule has 0 aromatic heterocycles. The van der Waals surface area contributed by atoms with Gasteiger partial charge in [0.1, 0.15) is 5.54 Å². The first kappa shape index (κ1) is 9.10. The Kier molecular flexibility index (Phi) is 2.40. The molecule has 0 spiro atoms. The average Bonchev–Trinajstić information content (AvgIpc) is 2.80. The molecule has 1 aliphatic carbocycles. The summed E-state index contributed by atoms with van der Waals surface area (Å²) in [6, 6.07) is 2.71. The van der Waals surface area contributed by atoms with E-state index in [2.05, 4.69) is 30.7 Å². The summed E-state index contributed by atoms with van der Waals surface area (Å²) in [5, 5.41) is 8.94. The van der Waals surface area contributed by atoms with E-state index >= 15 is 0 Å². The fraction of sp³-hybridized carbons (Fsp3) is 0.700. The van der Waals surface area contributed by atoms with Crippen LogP contribution < -0.4 is 0 Å². The zero-order valence-corrected chi connectivity index (χ0v) is 7.67. The molecule has 64 valence electrons. The van der Waals surface area contributed by atoms with Crippen LogP contribution in [0.2, 0.25) is 0 Å². The lowest BCUT2D eigenvalue weighted by atomic mass is 10.2. The summed E-state index contributed by atoms with van der Waals surface area (Å²) in [6.07, 6.45) is 7.20. The van der Waals surface area contributed by atoms with Gasteiger partial charge in [-0.15, -0.1) is 6.42 Å². The van der Waals surface area contributed by atoms with E-state index in [4.69, 9.17) is 11.7 Å². The highest BCUT2D eigenvalue weighted by molar-refractivity contribution is 5.21. The molecule has 0 unspecified atom stereocenters. The molecule has 1 rings (SSSR count). The highest BCUT2D eigenvalue weighted by atomic mass is 15.2. The third-order valence-corrected chi connectivity index (χ3v) is 2.37. The molecule has 0 saturated heterocycles. The quantitative estimate of drug-likeness (QED) is 0.586. The molecule has 0 aromatic carbocycles. The fourth-order valence-corrected chi connectivity index (χ4v) is 1.51. The van der Waals surface area contributed by atoms with Crippen LogP contribution in [0.1, 0.15) is 26.7 Å². The highest BCUT2D eigenvalue weighted by Gasteiger charge is 2.49. The monoisotopic (exact) mass is 162 g/mol. The van der Waals surface area contributed by atoms with Crippen molar-refractivity contribution in [2.24, 2.45) is 0 Å². The van der Waals surface area contributed by atoms with E-state index in [0.29, 0.717) is 12.6 Å². The van der Waals surface area contributed by atoms with Crippen molar-refractivity contribution in [3.05, 3.63) is 0 Å². The van der Waals surface area contributed by atoms with Crippen molar-refractivity contribution in [2.45, 2.75) is 38.3 Å². The normalized spacial score (nSPS) is 18.8. The van der Waals surface area contributed by atoms with Crippen LogP contribution >= 0.6 is 0 Å². The number of nitrogens with zero attached hydrogens (tertiary/aromatic N) is 2. The zero-order valence-electron chi connectivity index (χ0n) is 7.67. The van der Waals surface area contributed by atoms with Crippen LogP contribution in [0.25, 0.3) is 0 Å². The van der Waals surface area contributed by atoms with Crippen LogP contribution in [-0.4, -0.2) is 23.0 Å². The smallest absolute Gasteiger partial charge is 0.110 e. The van der Waals surface area contributed by atoms with Gasteiger partial charge in [-0.2, -0.15) is 5.26 Å². The molecule has 1 saturated carbocycles. The van der Waals surface area contributed by atoms with Gasteiger partial charge in [-0.25, -0.2) is 0 Å². The first-order valence-electron chi connectivity index (χ1n) is 4.28. The number of rotatable bonds is 3. The van der Waals surface area contributed by atoms with Gasteiger partial charge in [-0.05, 0) is 26.7 Å². The summed E-state index contributed by atoms with van der Waals surface area (Å²) in [6.45, 7) is 4.74. The van der Waals surface area contributed by atoms with Crippen molar-refractivity contribution in [2.75, 3.05) is 6.54 Å². The fourth-order valence-electron chi connectivity index (χ4n) is 1.51. The molecule has 0 N–H and O–H groups in total. The standard InChI is InChI=1S/C10H14N2/c1-4-7-12(9(2)3)10(8-11)5-6-10/h1,9H,5-7H2,2-3H3. The summed E-state index contributed by atoms with van der Waals surface area (Å²) >= 11 is 0. The molecule has 2 heteroatoms. The number of terminal acetylenes is 1. The van der Waals surface area contributed by atoms with Crippen LogP contribution in [0.15, 0.2) is 0 Å². The van der Waals surface area contributed by atoms with Crippen LogP contribution in [0, 0.1) is 23.7 Å². The van der Waals surface area contributed by atoms with Gasteiger partial charge in [0, 0.05) is 6.04 Å². The van der Waals surface area contributed by atoms with Gasteiger partial charge in [0.25, 0.3) is 0 Å². The van der Waals surface area contributed by atoms with Crippen LogP contribution in [0.4, 0.5) is 0 Å². The molecule has 0 bridgehead atoms. The summed E-state index contributed by atoms with van der Waals surface area (Å²) in [4.78, 5) is 2.10. The zero-order chi connectivity index (χ0) is 9.19. The lowest BCUT2D eigenvalue weighted by Crippen LogP contribution is -2.41. The summed E-state index contributed by atoms with van der Waals surface area (Å²) in [5.41, 5.74) is -0.222. The van der Waals surface area contributed by atoms with Gasteiger partial charge in [0.05, 0.1) is 12.6 Å². The Bertz CT molecular complexity index is 238. The van der Waals surface area contributed by atoms with E-state index < -0.39 is 0 Å². The van der Waals surface area contributed by atoms with Gasteiger partial charge in [0.15, 0.2) is 0 Å². The Balaban J connectivity index is 2.69. The predicted molar refractivity (Wildman–Crippen MR) is 48.3 cm³/mol. The van der Waals surface area contributed by atoms with Gasteiger partial charge >= 0.3 is 0 Å². The third-order valence-electron chi connectivity index (χ3n) is 2.37. The van der Waals surface area contributed by atoms with Crippen molar-refractivity contribution in [3.8, 4) is 18.4 Å². The van der Waals surface area contributed by atoms with Crippen molar-refractivity contribution >= 4 is 0 Å². The largest absolute Gasteiger partial charge is 0.272 e. The lowest BCUT2D eigenvalue weighted by molar-refractivity contribution is 0.195. The SMILES string of the molecule is C#CCN(C(C)C)C1(C#N)CC1. The molecule has 1 fully saturated rings. The molecule has 2 nitrogen and oxygen atoms in total. The second-order valence-corrected chi connectivity index (χ2v) is 3.57. The van der Waals surface area contributed by atoms with Gasteiger partial charge in [-0.1, -0.05) is 5.92 Å². The van der Waals surface area contributed by atoms with Crippen LogP contribution in [0.3, 0.4) is 0 Å². The molecule has 12 heavy (non-hydrogen) atoms. The van der Waals surface area contributed by atoms with E-state index in [9.17, 15) is 0 Å². The number of hydrogen-bond acceptors (Lipinski definition) is 2. The Labute approximate surface area is 74.2 Å². The van der Waals surface area contributed by atoms with Crippen molar-refractivity contribution in [1.82, 2.24) is 4.90 Å². The molecular formula is C10H14N2. The Hall–Kier alpha value is -0.990. The van der Waals surface area contributed by atoms with E-state index in [1.165, 1.54) is 0 Å². The third kappa shape index (κ3) is 1.44. The van der Waals surface area contributed by atoms with Crippen LogP contribution in [-0.2, 0) is 0 Å². The second-order valence-electron chi connectivity index (χ2n) is 3.57. The van der Waals surface area contributed by atoms with Crippen molar-refractivity contribution in [1.29, 1.82) is 5.26 Å². The maximum absolute atomic E-state index is 8.94. The molecular weight excluding hydrogens is 148 g/mol. The van der Waals surface area contributed by atoms with E-state index in [1.807, 2.05) is 0 Å². The van der Waals surface area contributed by atoms with Gasteiger partial charge in [0.2, 0.25) is 0 Å². The number of nitriles is 1. The highest BCUT2D eigenvalue weighted by Crippen LogP contribution is 2.41. The van der Waals surface area contributed by atoms with E-state index in [0.717, 1.165) is 12.8 Å². The summed E-state index contributed by atoms with van der Waals surface area (Å²) in [5.74, 6) is 2.60. The molecule has 0 aromatic rings. The van der Waals surface area contributed by atoms with Crippen molar-refractivity contribution in [3.63, 3.8) is 0 Å². The lowest BCUT2D eigenvalue weighted by Gasteiger charge is -2.28.